The van der Waals surface area contributed by atoms with Crippen molar-refractivity contribution < 1.29 is 14.4 Å². The number of rotatable bonds is 6. The molecule has 1 fully saturated rings. The second-order valence-electron chi connectivity index (χ2n) is 4.05. The highest BCUT2D eigenvalue weighted by Crippen LogP contribution is 2.19. The molecule has 7 nitrogen and oxygen atoms in total. The van der Waals surface area contributed by atoms with E-state index in [0.29, 0.717) is 22.1 Å². The van der Waals surface area contributed by atoms with Gasteiger partial charge in [-0.1, -0.05) is 24.0 Å². The van der Waals surface area contributed by atoms with Gasteiger partial charge >= 0.3 is 0 Å². The zero-order chi connectivity index (χ0) is 15.2. The van der Waals surface area contributed by atoms with Crippen LogP contribution in [0, 0.1) is 0 Å². The van der Waals surface area contributed by atoms with E-state index in [1.807, 2.05) is 0 Å². The monoisotopic (exact) mass is 324 g/mol. The summed E-state index contributed by atoms with van der Waals surface area (Å²) in [6.07, 6.45) is 0.518. The van der Waals surface area contributed by atoms with Gasteiger partial charge in [-0.25, -0.2) is 0 Å². The Kier molecular flexibility index (Phi) is 5.12. The molecule has 0 saturated carbocycles. The molecule has 110 valence electrons. The molecule has 2 rings (SSSR count). The van der Waals surface area contributed by atoms with Gasteiger partial charge in [0.15, 0.2) is 0 Å². The summed E-state index contributed by atoms with van der Waals surface area (Å²) in [6, 6.07) is 6.72. The lowest BCUT2D eigenvalue weighted by molar-refractivity contribution is -0.128. The van der Waals surface area contributed by atoms with E-state index in [4.69, 9.17) is 12.2 Å². The Hall–Kier alpha value is -2.13. The maximum absolute atomic E-state index is 11.9. The highest BCUT2D eigenvalue weighted by atomic mass is 32.2. The van der Waals surface area contributed by atoms with Gasteiger partial charge in [0.1, 0.15) is 10.9 Å². The molecule has 0 spiro atoms. The maximum Gasteiger partial charge on any atom is 0.244 e. The van der Waals surface area contributed by atoms with Crippen molar-refractivity contribution in [2.75, 3.05) is 23.0 Å². The first-order valence-electron chi connectivity index (χ1n) is 5.92. The Bertz CT molecular complexity index is 560. The standard InChI is InChI=1S/C12H12N4O3S2/c17-7-13-15-9-3-1-8(2-4-9)14-10(18)5-16-11(19)6-21-12(16)20/h1-4,7,15H,5-6H2,(H,13,17)(H,14,18). The van der Waals surface area contributed by atoms with Crippen LogP contribution in [0.1, 0.15) is 0 Å². The maximum atomic E-state index is 11.9. The highest BCUT2D eigenvalue weighted by molar-refractivity contribution is 8.23. The molecule has 21 heavy (non-hydrogen) atoms. The van der Waals surface area contributed by atoms with Crippen LogP contribution in [0.15, 0.2) is 24.3 Å². The lowest BCUT2D eigenvalue weighted by atomic mass is 10.3. The molecule has 1 saturated heterocycles. The molecule has 0 bridgehead atoms. The van der Waals surface area contributed by atoms with E-state index in [9.17, 15) is 14.4 Å². The van der Waals surface area contributed by atoms with Crippen LogP contribution in [0.5, 0.6) is 0 Å². The molecule has 0 radical (unpaired) electrons. The first-order chi connectivity index (χ1) is 10.1. The molecular formula is C12H12N4O3S2. The van der Waals surface area contributed by atoms with Crippen LogP contribution in [-0.4, -0.2) is 39.7 Å². The number of benzene rings is 1. The van der Waals surface area contributed by atoms with Gasteiger partial charge in [-0.05, 0) is 24.3 Å². The van der Waals surface area contributed by atoms with Crippen LogP contribution in [0.3, 0.4) is 0 Å². The first-order valence-corrected chi connectivity index (χ1v) is 7.32. The Labute approximate surface area is 130 Å². The van der Waals surface area contributed by atoms with Crippen molar-refractivity contribution in [2.45, 2.75) is 0 Å². The predicted molar refractivity (Wildman–Crippen MR) is 84.7 cm³/mol. The number of hydrogen-bond donors (Lipinski definition) is 3. The Morgan fingerprint density at radius 1 is 1.33 bits per heavy atom. The number of carbonyl (C=O) groups excluding carboxylic acids is 3. The fourth-order valence-corrected chi connectivity index (χ4v) is 2.70. The minimum atomic E-state index is -0.320. The van der Waals surface area contributed by atoms with E-state index in [1.165, 1.54) is 16.7 Å². The number of anilines is 2. The number of thioether (sulfide) groups is 1. The number of hydrazine groups is 1. The Balaban J connectivity index is 1.89. The highest BCUT2D eigenvalue weighted by Gasteiger charge is 2.28. The van der Waals surface area contributed by atoms with Gasteiger partial charge in [0.05, 0.1) is 11.4 Å². The second-order valence-corrected chi connectivity index (χ2v) is 5.66. The molecular weight excluding hydrogens is 312 g/mol. The minimum Gasteiger partial charge on any atom is -0.325 e. The van der Waals surface area contributed by atoms with Crippen molar-refractivity contribution in [2.24, 2.45) is 0 Å². The van der Waals surface area contributed by atoms with Crippen molar-refractivity contribution in [3.63, 3.8) is 0 Å². The lowest BCUT2D eigenvalue weighted by Crippen LogP contribution is -2.36. The number of amides is 3. The van der Waals surface area contributed by atoms with Crippen molar-refractivity contribution in [3.05, 3.63) is 24.3 Å². The van der Waals surface area contributed by atoms with E-state index >= 15 is 0 Å². The molecule has 0 atom stereocenters. The van der Waals surface area contributed by atoms with Crippen molar-refractivity contribution in [1.82, 2.24) is 10.3 Å². The van der Waals surface area contributed by atoms with Gasteiger partial charge in [0.2, 0.25) is 18.2 Å². The van der Waals surface area contributed by atoms with E-state index in [-0.39, 0.29) is 24.1 Å². The Morgan fingerprint density at radius 2 is 2.00 bits per heavy atom. The molecule has 1 aliphatic rings. The van der Waals surface area contributed by atoms with Crippen LogP contribution < -0.4 is 16.2 Å². The topological polar surface area (TPSA) is 90.5 Å². The quantitative estimate of drug-likeness (QED) is 0.402. The fourth-order valence-electron chi connectivity index (χ4n) is 1.63. The molecule has 9 heteroatoms. The molecule has 0 aliphatic carbocycles. The SMILES string of the molecule is O=CNNc1ccc(NC(=O)CN2C(=O)CSC2=S)cc1. The van der Waals surface area contributed by atoms with E-state index < -0.39 is 0 Å². The zero-order valence-electron chi connectivity index (χ0n) is 10.8. The summed E-state index contributed by atoms with van der Waals surface area (Å²) in [5, 5.41) is 2.67. The molecule has 1 aromatic carbocycles. The van der Waals surface area contributed by atoms with Gasteiger partial charge in [-0.3, -0.25) is 30.1 Å². The smallest absolute Gasteiger partial charge is 0.244 e. The third-order valence-corrected chi connectivity index (χ3v) is 4.02. The molecule has 3 N–H and O–H groups in total. The normalized spacial score (nSPS) is 14.0. The van der Waals surface area contributed by atoms with E-state index in [0.717, 1.165) is 0 Å². The van der Waals surface area contributed by atoms with Gasteiger partial charge in [-0.15, -0.1) is 0 Å². The van der Waals surface area contributed by atoms with Gasteiger partial charge < -0.3 is 5.32 Å². The molecule has 1 aliphatic heterocycles. The van der Waals surface area contributed by atoms with Crippen LogP contribution in [0.25, 0.3) is 0 Å². The molecule has 0 unspecified atom stereocenters. The summed E-state index contributed by atoms with van der Waals surface area (Å²) in [4.78, 5) is 34.8. The van der Waals surface area contributed by atoms with Gasteiger partial charge in [0, 0.05) is 5.69 Å². The third-order valence-electron chi connectivity index (χ3n) is 2.59. The fraction of sp³-hybridized carbons (Fsp3) is 0.167. The summed E-state index contributed by atoms with van der Waals surface area (Å²) in [5.41, 5.74) is 6.20. The van der Waals surface area contributed by atoms with Crippen molar-refractivity contribution in [3.8, 4) is 0 Å². The largest absolute Gasteiger partial charge is 0.325 e. The molecule has 0 aromatic heterocycles. The van der Waals surface area contributed by atoms with Crippen LogP contribution >= 0.6 is 24.0 Å². The number of hydrogen-bond acceptors (Lipinski definition) is 6. The van der Waals surface area contributed by atoms with Gasteiger partial charge in [0.25, 0.3) is 0 Å². The third kappa shape index (κ3) is 4.17. The van der Waals surface area contributed by atoms with E-state index in [2.05, 4.69) is 16.2 Å². The average molecular weight is 324 g/mol. The van der Waals surface area contributed by atoms with Crippen LogP contribution in [0.2, 0.25) is 0 Å². The summed E-state index contributed by atoms with van der Waals surface area (Å²) in [5.74, 6) is -0.185. The summed E-state index contributed by atoms with van der Waals surface area (Å²) in [6.45, 7) is -0.0859. The number of carbonyl (C=O) groups is 3. The average Bonchev–Trinajstić information content (AvgIpc) is 2.78. The lowest BCUT2D eigenvalue weighted by Gasteiger charge is -2.14. The summed E-state index contributed by atoms with van der Waals surface area (Å²) < 4.78 is 0.426. The predicted octanol–water partition coefficient (Wildman–Crippen LogP) is 0.558. The van der Waals surface area contributed by atoms with Gasteiger partial charge in [-0.2, -0.15) is 0 Å². The first kappa shape index (κ1) is 15.3. The minimum absolute atomic E-state index is 0.0859. The number of nitrogens with zero attached hydrogens (tertiary/aromatic N) is 1. The number of thiocarbonyl (C=S) groups is 1. The van der Waals surface area contributed by atoms with Crippen molar-refractivity contribution >= 4 is 57.9 Å². The second kappa shape index (κ2) is 7.04. The Morgan fingerprint density at radius 3 is 2.57 bits per heavy atom. The zero-order valence-corrected chi connectivity index (χ0v) is 12.4. The molecule has 1 heterocycles. The van der Waals surface area contributed by atoms with Crippen molar-refractivity contribution in [1.29, 1.82) is 0 Å². The summed E-state index contributed by atoms with van der Waals surface area (Å²) in [7, 11) is 0. The summed E-state index contributed by atoms with van der Waals surface area (Å²) >= 11 is 6.26. The molecule has 3 amide bonds. The number of nitrogens with one attached hydrogen (secondary N) is 3. The van der Waals surface area contributed by atoms with Crippen LogP contribution in [-0.2, 0) is 14.4 Å². The van der Waals surface area contributed by atoms with Crippen LogP contribution in [0.4, 0.5) is 11.4 Å². The van der Waals surface area contributed by atoms with E-state index in [1.54, 1.807) is 24.3 Å². The molecule has 1 aromatic rings.